The first kappa shape index (κ1) is 23.3. The third-order valence-electron chi connectivity index (χ3n) is 4.92. The van der Waals surface area contributed by atoms with E-state index in [2.05, 4.69) is 22.5 Å². The van der Waals surface area contributed by atoms with Gasteiger partial charge in [-0.25, -0.2) is 4.79 Å². The minimum absolute atomic E-state index is 0.0702. The lowest BCUT2D eigenvalue weighted by Gasteiger charge is -2.22. The van der Waals surface area contributed by atoms with Crippen LogP contribution in [0.3, 0.4) is 0 Å². The first-order valence-electron chi connectivity index (χ1n) is 9.72. The van der Waals surface area contributed by atoms with E-state index in [1.807, 2.05) is 0 Å². The van der Waals surface area contributed by atoms with Gasteiger partial charge in [-0.15, -0.1) is 11.3 Å². The van der Waals surface area contributed by atoms with Crippen molar-refractivity contribution in [2.24, 2.45) is 5.73 Å². The van der Waals surface area contributed by atoms with E-state index in [1.165, 1.54) is 13.5 Å². The number of nitrogens with zero attached hydrogens (tertiary/aromatic N) is 1. The third kappa shape index (κ3) is 6.23. The monoisotopic (exact) mass is 426 g/mol. The fourth-order valence-corrected chi connectivity index (χ4v) is 4.50. The molecule has 2 heterocycles. The van der Waals surface area contributed by atoms with Gasteiger partial charge in [0.1, 0.15) is 11.6 Å². The summed E-state index contributed by atoms with van der Waals surface area (Å²) >= 11 is 0.978. The van der Waals surface area contributed by atoms with E-state index in [-0.39, 0.29) is 41.1 Å². The second-order valence-electron chi connectivity index (χ2n) is 6.86. The van der Waals surface area contributed by atoms with Crippen LogP contribution in [0.25, 0.3) is 0 Å². The average molecular weight is 427 g/mol. The van der Waals surface area contributed by atoms with Gasteiger partial charge >= 0.3 is 5.97 Å². The normalized spacial score (nSPS) is 16.7. The van der Waals surface area contributed by atoms with Crippen LogP contribution in [0.15, 0.2) is 0 Å². The fraction of sp³-hybridized carbons (Fsp3) is 0.632. The Kier molecular flexibility index (Phi) is 9.02. The van der Waals surface area contributed by atoms with Crippen LogP contribution >= 0.6 is 11.3 Å². The van der Waals surface area contributed by atoms with Gasteiger partial charge in [0.2, 0.25) is 5.91 Å². The van der Waals surface area contributed by atoms with Crippen LogP contribution in [0.2, 0.25) is 0 Å². The molecule has 0 radical (unpaired) electrons. The summed E-state index contributed by atoms with van der Waals surface area (Å²) < 4.78 is 10.0. The number of primary amides is 1. The number of esters is 1. The van der Waals surface area contributed by atoms with Gasteiger partial charge in [-0.1, -0.05) is 6.92 Å². The van der Waals surface area contributed by atoms with Crippen molar-refractivity contribution in [3.05, 3.63) is 16.0 Å². The van der Waals surface area contributed by atoms with Crippen molar-refractivity contribution in [2.45, 2.75) is 32.7 Å². The van der Waals surface area contributed by atoms with Crippen molar-refractivity contribution in [3.63, 3.8) is 0 Å². The highest BCUT2D eigenvalue weighted by Crippen LogP contribution is 2.33. The molecule has 9 nitrogen and oxygen atoms in total. The maximum Gasteiger partial charge on any atom is 0.341 e. The Balaban J connectivity index is 2.00. The maximum atomic E-state index is 12.4. The van der Waals surface area contributed by atoms with Crippen molar-refractivity contribution < 1.29 is 23.9 Å². The molecule has 4 N–H and O–H groups in total. The number of rotatable bonds is 11. The number of nitrogens with one attached hydrogen (secondary N) is 2. The third-order valence-corrected chi connectivity index (χ3v) is 6.14. The van der Waals surface area contributed by atoms with E-state index in [9.17, 15) is 14.4 Å². The number of anilines is 1. The Labute approximate surface area is 174 Å². The number of hydrogen-bond acceptors (Lipinski definition) is 8. The summed E-state index contributed by atoms with van der Waals surface area (Å²) in [5.41, 5.74) is 5.95. The number of thiophene rings is 1. The van der Waals surface area contributed by atoms with Gasteiger partial charge in [-0.05, 0) is 38.4 Å². The standard InChI is InChI=1S/C19H30N4O5S/c1-4-23-7-5-6-13(23)10-21-11-14(24)22-18-15(19(26)28-9-8-27-3)12(2)16(29-18)17(20)25/h13,21H,4-11H2,1-3H3,(H2,20,25)(H,22,24)/t13-/m0/s1. The molecule has 0 aliphatic carbocycles. The number of carbonyl (C=O) groups is 3. The number of nitrogens with two attached hydrogens (primary N) is 1. The van der Waals surface area contributed by atoms with Crippen molar-refractivity contribution in [1.29, 1.82) is 0 Å². The molecular weight excluding hydrogens is 396 g/mol. The van der Waals surface area contributed by atoms with Crippen molar-refractivity contribution in [2.75, 3.05) is 51.8 Å². The number of methoxy groups -OCH3 is 1. The molecule has 2 rings (SSSR count). The van der Waals surface area contributed by atoms with Crippen LogP contribution in [-0.2, 0) is 14.3 Å². The molecule has 1 fully saturated rings. The van der Waals surface area contributed by atoms with E-state index in [4.69, 9.17) is 15.2 Å². The lowest BCUT2D eigenvalue weighted by Crippen LogP contribution is -2.40. The van der Waals surface area contributed by atoms with Crippen LogP contribution < -0.4 is 16.4 Å². The molecule has 1 saturated heterocycles. The molecule has 1 aromatic heterocycles. The van der Waals surface area contributed by atoms with Crippen molar-refractivity contribution in [1.82, 2.24) is 10.2 Å². The zero-order valence-electron chi connectivity index (χ0n) is 17.2. The van der Waals surface area contributed by atoms with E-state index in [0.29, 0.717) is 11.6 Å². The predicted molar refractivity (Wildman–Crippen MR) is 112 cm³/mol. The topological polar surface area (TPSA) is 123 Å². The van der Waals surface area contributed by atoms with Crippen LogP contribution in [0.4, 0.5) is 5.00 Å². The summed E-state index contributed by atoms with van der Waals surface area (Å²) in [4.78, 5) is 39.1. The molecule has 0 unspecified atom stereocenters. The van der Waals surface area contributed by atoms with Gasteiger partial charge in [-0.3, -0.25) is 14.5 Å². The van der Waals surface area contributed by atoms with Crippen LogP contribution in [0.1, 0.15) is 45.4 Å². The first-order chi connectivity index (χ1) is 13.9. The Morgan fingerprint density at radius 1 is 1.31 bits per heavy atom. The number of hydrogen-bond donors (Lipinski definition) is 3. The first-order valence-corrected chi connectivity index (χ1v) is 10.5. The Bertz CT molecular complexity index is 736. The summed E-state index contributed by atoms with van der Waals surface area (Å²) in [7, 11) is 1.50. The van der Waals surface area contributed by atoms with Gasteiger partial charge in [0.15, 0.2) is 0 Å². The zero-order valence-corrected chi connectivity index (χ0v) is 18.0. The molecule has 2 amide bonds. The molecular formula is C19H30N4O5S. The van der Waals surface area contributed by atoms with Gasteiger partial charge in [0.05, 0.1) is 23.6 Å². The molecule has 1 aromatic rings. The Morgan fingerprint density at radius 3 is 2.72 bits per heavy atom. The van der Waals surface area contributed by atoms with E-state index in [1.54, 1.807) is 6.92 Å². The molecule has 162 valence electrons. The van der Waals surface area contributed by atoms with Crippen LogP contribution in [-0.4, -0.2) is 75.2 Å². The summed E-state index contributed by atoms with van der Waals surface area (Å²) in [6.07, 6.45) is 2.29. The van der Waals surface area contributed by atoms with E-state index >= 15 is 0 Å². The summed E-state index contributed by atoms with van der Waals surface area (Å²) in [5.74, 6) is -1.58. The second-order valence-corrected chi connectivity index (χ2v) is 7.88. The highest BCUT2D eigenvalue weighted by atomic mass is 32.1. The Morgan fingerprint density at radius 2 is 2.07 bits per heavy atom. The summed E-state index contributed by atoms with van der Waals surface area (Å²) in [5, 5.41) is 6.15. The molecule has 0 bridgehead atoms. The highest BCUT2D eigenvalue weighted by Gasteiger charge is 2.26. The van der Waals surface area contributed by atoms with E-state index < -0.39 is 11.9 Å². The zero-order chi connectivity index (χ0) is 21.4. The largest absolute Gasteiger partial charge is 0.460 e. The number of likely N-dealkylation sites (N-methyl/N-ethyl adjacent to an activating group) is 1. The number of ether oxygens (including phenoxy) is 2. The second kappa shape index (κ2) is 11.2. The lowest BCUT2D eigenvalue weighted by atomic mass is 10.1. The van der Waals surface area contributed by atoms with Crippen molar-refractivity contribution >= 4 is 34.1 Å². The molecule has 0 saturated carbocycles. The lowest BCUT2D eigenvalue weighted by molar-refractivity contribution is -0.115. The highest BCUT2D eigenvalue weighted by molar-refractivity contribution is 7.18. The van der Waals surface area contributed by atoms with E-state index in [0.717, 1.165) is 37.4 Å². The molecule has 1 aliphatic heterocycles. The Hall–Kier alpha value is -2.01. The quantitative estimate of drug-likeness (QED) is 0.356. The summed E-state index contributed by atoms with van der Waals surface area (Å²) in [6.45, 7) is 6.98. The fourth-order valence-electron chi connectivity index (χ4n) is 3.44. The molecule has 10 heteroatoms. The average Bonchev–Trinajstić information content (AvgIpc) is 3.25. The SMILES string of the molecule is CCN1CCC[C@H]1CNCC(=O)Nc1sc(C(N)=O)c(C)c1C(=O)OCCOC. The minimum Gasteiger partial charge on any atom is -0.460 e. The van der Waals surface area contributed by atoms with Gasteiger partial charge < -0.3 is 25.8 Å². The minimum atomic E-state index is -0.655. The van der Waals surface area contributed by atoms with Crippen LogP contribution in [0.5, 0.6) is 0 Å². The molecule has 1 aliphatic rings. The smallest absolute Gasteiger partial charge is 0.341 e. The number of amides is 2. The molecule has 1 atom stereocenters. The maximum absolute atomic E-state index is 12.4. The summed E-state index contributed by atoms with van der Waals surface area (Å²) in [6, 6.07) is 0.435. The van der Waals surface area contributed by atoms with Gasteiger partial charge in [-0.2, -0.15) is 0 Å². The van der Waals surface area contributed by atoms with Crippen molar-refractivity contribution in [3.8, 4) is 0 Å². The predicted octanol–water partition coefficient (Wildman–Crippen LogP) is 0.971. The van der Waals surface area contributed by atoms with Gasteiger partial charge in [0, 0.05) is 19.7 Å². The molecule has 0 spiro atoms. The molecule has 0 aromatic carbocycles. The molecule has 29 heavy (non-hydrogen) atoms. The number of likely N-dealkylation sites (tertiary alicyclic amines) is 1. The number of carbonyl (C=O) groups excluding carboxylic acids is 3. The van der Waals surface area contributed by atoms with Crippen LogP contribution in [0, 0.1) is 6.92 Å². The van der Waals surface area contributed by atoms with Gasteiger partial charge in [0.25, 0.3) is 5.91 Å².